The van der Waals surface area contributed by atoms with Gasteiger partial charge in [0.25, 0.3) is 0 Å². The minimum absolute atomic E-state index is 0.601. The second kappa shape index (κ2) is 9.58. The molecule has 1 aromatic rings. The number of hydrogen-bond acceptors (Lipinski definition) is 3. The number of likely N-dealkylation sites (tertiary alicyclic amines) is 1. The fourth-order valence-electron chi connectivity index (χ4n) is 4.12. The highest BCUT2D eigenvalue weighted by molar-refractivity contribution is 7.09. The lowest BCUT2D eigenvalue weighted by atomic mass is 9.87. The van der Waals surface area contributed by atoms with Crippen molar-refractivity contribution < 1.29 is 0 Å². The van der Waals surface area contributed by atoms with Crippen molar-refractivity contribution in [3.63, 3.8) is 0 Å². The molecule has 2 fully saturated rings. The van der Waals surface area contributed by atoms with E-state index in [0.717, 1.165) is 30.9 Å². The Morgan fingerprint density at radius 2 is 2.12 bits per heavy atom. The van der Waals surface area contributed by atoms with Crippen molar-refractivity contribution in [2.24, 2.45) is 16.8 Å². The van der Waals surface area contributed by atoms with E-state index in [2.05, 4.69) is 45.0 Å². The molecule has 2 heterocycles. The number of piperidine rings is 1. The third-order valence-electron chi connectivity index (χ3n) is 5.70. The number of nitrogens with zero attached hydrogens (tertiary/aromatic N) is 2. The molecular formula is C20H34N4S. The van der Waals surface area contributed by atoms with Crippen LogP contribution in [0, 0.1) is 11.8 Å². The Morgan fingerprint density at radius 1 is 1.28 bits per heavy atom. The van der Waals surface area contributed by atoms with E-state index in [1.165, 1.54) is 56.5 Å². The molecule has 3 rings (SSSR count). The molecule has 25 heavy (non-hydrogen) atoms. The molecule has 5 heteroatoms. The van der Waals surface area contributed by atoms with Crippen LogP contribution in [-0.4, -0.2) is 43.6 Å². The van der Waals surface area contributed by atoms with Gasteiger partial charge < -0.3 is 10.6 Å². The van der Waals surface area contributed by atoms with Crippen LogP contribution in [0.4, 0.5) is 0 Å². The van der Waals surface area contributed by atoms with Crippen molar-refractivity contribution in [3.05, 3.63) is 22.4 Å². The number of rotatable bonds is 5. The molecule has 4 nitrogen and oxygen atoms in total. The van der Waals surface area contributed by atoms with Crippen LogP contribution in [0.2, 0.25) is 0 Å². The zero-order valence-corrected chi connectivity index (χ0v) is 16.7. The summed E-state index contributed by atoms with van der Waals surface area (Å²) in [6.07, 6.45) is 7.87. The predicted molar refractivity (Wildman–Crippen MR) is 108 cm³/mol. The Bertz CT molecular complexity index is 520. The van der Waals surface area contributed by atoms with Crippen LogP contribution < -0.4 is 10.6 Å². The van der Waals surface area contributed by atoms with Crippen molar-refractivity contribution in [1.29, 1.82) is 0 Å². The van der Waals surface area contributed by atoms with E-state index in [1.54, 1.807) is 0 Å². The lowest BCUT2D eigenvalue weighted by molar-refractivity contribution is 0.169. The summed E-state index contributed by atoms with van der Waals surface area (Å²) in [5.41, 5.74) is 0. The summed E-state index contributed by atoms with van der Waals surface area (Å²) in [7, 11) is 1.89. The van der Waals surface area contributed by atoms with Crippen LogP contribution in [-0.2, 0) is 6.54 Å². The van der Waals surface area contributed by atoms with Gasteiger partial charge in [-0.25, -0.2) is 0 Å². The van der Waals surface area contributed by atoms with Crippen LogP contribution in [0.25, 0.3) is 0 Å². The molecule has 1 aromatic heterocycles. The minimum Gasteiger partial charge on any atom is -0.356 e. The highest BCUT2D eigenvalue weighted by atomic mass is 32.1. The Balaban J connectivity index is 1.40. The van der Waals surface area contributed by atoms with E-state index in [-0.39, 0.29) is 0 Å². The first-order chi connectivity index (χ1) is 12.2. The average Bonchev–Trinajstić information content (AvgIpc) is 3.13. The molecule has 1 aliphatic carbocycles. The summed E-state index contributed by atoms with van der Waals surface area (Å²) in [6, 6.07) is 5.01. The summed E-state index contributed by atoms with van der Waals surface area (Å²) in [5, 5.41) is 9.41. The molecule has 140 valence electrons. The Kier molecular flexibility index (Phi) is 7.17. The number of thiophene rings is 1. The lowest BCUT2D eigenvalue weighted by Crippen LogP contribution is -2.47. The van der Waals surface area contributed by atoms with Gasteiger partial charge in [0.2, 0.25) is 0 Å². The molecule has 1 aliphatic heterocycles. The monoisotopic (exact) mass is 362 g/mol. The number of nitrogens with one attached hydrogen (secondary N) is 2. The van der Waals surface area contributed by atoms with E-state index >= 15 is 0 Å². The van der Waals surface area contributed by atoms with Gasteiger partial charge in [0.05, 0.1) is 0 Å². The fourth-order valence-corrected chi connectivity index (χ4v) is 4.86. The fraction of sp³-hybridized carbons (Fsp3) is 0.750. The topological polar surface area (TPSA) is 39.7 Å². The largest absolute Gasteiger partial charge is 0.356 e. The van der Waals surface area contributed by atoms with Gasteiger partial charge in [0.15, 0.2) is 5.96 Å². The first kappa shape index (κ1) is 18.7. The lowest BCUT2D eigenvalue weighted by Gasteiger charge is -2.33. The predicted octanol–water partition coefficient (Wildman–Crippen LogP) is 3.70. The summed E-state index contributed by atoms with van der Waals surface area (Å²) >= 11 is 1.87. The van der Waals surface area contributed by atoms with Crippen LogP contribution in [0.3, 0.4) is 0 Å². The van der Waals surface area contributed by atoms with Crippen LogP contribution in [0.1, 0.15) is 50.3 Å². The van der Waals surface area contributed by atoms with Gasteiger partial charge in [0, 0.05) is 37.6 Å². The van der Waals surface area contributed by atoms with E-state index in [4.69, 9.17) is 0 Å². The molecule has 1 atom stereocenters. The van der Waals surface area contributed by atoms with Crippen LogP contribution in [0.5, 0.6) is 0 Å². The van der Waals surface area contributed by atoms with Gasteiger partial charge >= 0.3 is 0 Å². The number of guanidine groups is 1. The van der Waals surface area contributed by atoms with Gasteiger partial charge in [-0.15, -0.1) is 11.3 Å². The number of hydrogen-bond donors (Lipinski definition) is 2. The first-order valence-corrected chi connectivity index (χ1v) is 10.8. The molecule has 2 N–H and O–H groups in total. The van der Waals surface area contributed by atoms with E-state index < -0.39 is 0 Å². The second-order valence-corrected chi connectivity index (χ2v) is 8.91. The number of aliphatic imine (C=N–C) groups is 1. The molecule has 2 aliphatic rings. The van der Waals surface area contributed by atoms with Crippen molar-refractivity contribution in [2.75, 3.05) is 26.7 Å². The van der Waals surface area contributed by atoms with Crippen LogP contribution in [0.15, 0.2) is 22.5 Å². The van der Waals surface area contributed by atoms with Gasteiger partial charge in [-0.05, 0) is 68.4 Å². The Hall–Kier alpha value is -1.07. The minimum atomic E-state index is 0.601. The molecule has 1 unspecified atom stereocenters. The maximum atomic E-state index is 4.45. The van der Waals surface area contributed by atoms with Gasteiger partial charge in [-0.1, -0.05) is 13.0 Å². The summed E-state index contributed by atoms with van der Waals surface area (Å²) in [4.78, 5) is 8.54. The molecule has 0 spiro atoms. The van der Waals surface area contributed by atoms with Gasteiger partial charge in [-0.3, -0.25) is 9.89 Å². The summed E-state index contributed by atoms with van der Waals surface area (Å²) < 4.78 is 0. The van der Waals surface area contributed by atoms with Crippen molar-refractivity contribution in [2.45, 2.75) is 58.0 Å². The van der Waals surface area contributed by atoms with Gasteiger partial charge in [-0.2, -0.15) is 0 Å². The van der Waals surface area contributed by atoms with E-state index in [0.29, 0.717) is 6.04 Å². The van der Waals surface area contributed by atoms with Crippen LogP contribution >= 0.6 is 11.3 Å². The van der Waals surface area contributed by atoms with E-state index in [1.807, 2.05) is 18.4 Å². The third-order valence-corrected chi connectivity index (χ3v) is 6.56. The normalized spacial score (nSPS) is 28.7. The third kappa shape index (κ3) is 6.00. The summed E-state index contributed by atoms with van der Waals surface area (Å²) in [6.45, 7) is 6.95. The van der Waals surface area contributed by atoms with Crippen molar-refractivity contribution in [3.8, 4) is 0 Å². The molecule has 0 radical (unpaired) electrons. The van der Waals surface area contributed by atoms with E-state index in [9.17, 15) is 0 Å². The maximum Gasteiger partial charge on any atom is 0.191 e. The highest BCUT2D eigenvalue weighted by Gasteiger charge is 2.22. The second-order valence-electron chi connectivity index (χ2n) is 7.88. The summed E-state index contributed by atoms with van der Waals surface area (Å²) in [5.74, 6) is 2.61. The molecular weight excluding hydrogens is 328 g/mol. The Morgan fingerprint density at radius 3 is 2.84 bits per heavy atom. The van der Waals surface area contributed by atoms with Gasteiger partial charge in [0.1, 0.15) is 0 Å². The average molecular weight is 363 g/mol. The van der Waals surface area contributed by atoms with Crippen molar-refractivity contribution in [1.82, 2.24) is 15.5 Å². The SMILES string of the molecule is CN=C(NCC1CCCN(Cc2cccs2)C1)NC1CCC(C)CC1. The molecule has 1 saturated carbocycles. The molecule has 0 bridgehead atoms. The molecule has 1 saturated heterocycles. The molecule has 0 aromatic carbocycles. The highest BCUT2D eigenvalue weighted by Crippen LogP contribution is 2.23. The zero-order valence-electron chi connectivity index (χ0n) is 15.8. The standard InChI is InChI=1S/C20H34N4S/c1-16-7-9-18(10-8-16)23-20(21-2)22-13-17-5-3-11-24(14-17)15-19-6-4-12-25-19/h4,6,12,16-18H,3,5,7-11,13-15H2,1-2H3,(H2,21,22,23). The zero-order chi connectivity index (χ0) is 17.5. The Labute approximate surface area is 157 Å². The van der Waals surface area contributed by atoms with Crippen molar-refractivity contribution >= 4 is 17.3 Å². The maximum absolute atomic E-state index is 4.45. The first-order valence-electron chi connectivity index (χ1n) is 9.95. The quantitative estimate of drug-likeness (QED) is 0.620. The smallest absolute Gasteiger partial charge is 0.191 e. The molecule has 0 amide bonds.